The fraction of sp³-hybridized carbons (Fsp3) is 0.579. The number of H-pyrrole nitrogens is 1. The third-order valence-corrected chi connectivity index (χ3v) is 11.7. The maximum absolute atomic E-state index is 3.76. The lowest BCUT2D eigenvalue weighted by molar-refractivity contribution is 0.352. The smallest absolute Gasteiger partial charge is 0.0860 e. The highest BCUT2D eigenvalue weighted by atomic mass is 28.3. The molecule has 0 bridgehead atoms. The van der Waals surface area contributed by atoms with E-state index in [9.17, 15) is 0 Å². The molecule has 22 heavy (non-hydrogen) atoms. The first-order valence-electron chi connectivity index (χ1n) is 8.96. The summed E-state index contributed by atoms with van der Waals surface area (Å²) in [5.74, 6) is 0. The lowest BCUT2D eigenvalue weighted by Crippen LogP contribution is -2.45. The molecule has 120 valence electrons. The van der Waals surface area contributed by atoms with E-state index in [2.05, 4.69) is 55.9 Å². The Hall–Kier alpha value is -1.06. The number of aromatic amines is 1. The zero-order valence-corrected chi connectivity index (χ0v) is 15.6. The van der Waals surface area contributed by atoms with Gasteiger partial charge in [0.1, 0.15) is 0 Å². The normalized spacial score (nSPS) is 16.7. The van der Waals surface area contributed by atoms with Crippen LogP contribution < -0.4 is 5.19 Å². The largest absolute Gasteiger partial charge is 0.358 e. The summed E-state index contributed by atoms with van der Waals surface area (Å²) in [6.45, 7) is 9.53. The summed E-state index contributed by atoms with van der Waals surface area (Å²) < 4.78 is 0. The van der Waals surface area contributed by atoms with Gasteiger partial charge in [-0.15, -0.1) is 0 Å². The van der Waals surface area contributed by atoms with Crippen molar-refractivity contribution in [2.45, 2.75) is 51.7 Å². The van der Waals surface area contributed by atoms with Crippen molar-refractivity contribution in [1.82, 2.24) is 9.88 Å². The Labute approximate surface area is 135 Å². The molecule has 0 amide bonds. The Kier molecular flexibility index (Phi) is 4.46. The highest BCUT2D eigenvalue weighted by molar-refractivity contribution is 6.91. The third-order valence-electron chi connectivity index (χ3n) is 6.12. The molecule has 1 aromatic heterocycles. The molecule has 0 saturated carbocycles. The number of likely N-dealkylation sites (N-methyl/N-ethyl adjacent to an activating group) is 1. The van der Waals surface area contributed by atoms with Crippen LogP contribution >= 0.6 is 0 Å². The first-order chi connectivity index (χ1) is 10.6. The fourth-order valence-electron chi connectivity index (χ4n) is 4.22. The van der Waals surface area contributed by atoms with E-state index in [0.717, 1.165) is 6.42 Å². The lowest BCUT2D eigenvalue weighted by atomic mass is 10.1. The molecule has 0 atom stereocenters. The van der Waals surface area contributed by atoms with Crippen molar-refractivity contribution in [2.24, 2.45) is 0 Å². The molecule has 3 heteroatoms. The minimum Gasteiger partial charge on any atom is -0.358 e. The average molecular weight is 315 g/mol. The zero-order valence-electron chi connectivity index (χ0n) is 14.6. The highest BCUT2D eigenvalue weighted by Crippen LogP contribution is 2.27. The van der Waals surface area contributed by atoms with Crippen LogP contribution in [0.4, 0.5) is 0 Å². The Bertz CT molecular complexity index is 646. The van der Waals surface area contributed by atoms with Gasteiger partial charge in [-0.1, -0.05) is 56.2 Å². The van der Waals surface area contributed by atoms with Gasteiger partial charge in [-0.25, -0.2) is 0 Å². The van der Waals surface area contributed by atoms with Crippen molar-refractivity contribution in [3.63, 3.8) is 0 Å². The molecule has 0 aliphatic carbocycles. The Balaban J connectivity index is 2.06. The lowest BCUT2D eigenvalue weighted by Gasteiger charge is -2.28. The summed E-state index contributed by atoms with van der Waals surface area (Å²) in [6, 6.07) is 11.4. The van der Waals surface area contributed by atoms with Crippen molar-refractivity contribution < 1.29 is 0 Å². The summed E-state index contributed by atoms with van der Waals surface area (Å²) >= 11 is 0. The van der Waals surface area contributed by atoms with Crippen LogP contribution in [0.25, 0.3) is 10.9 Å². The highest BCUT2D eigenvalue weighted by Gasteiger charge is 2.29. The van der Waals surface area contributed by atoms with Crippen LogP contribution in [-0.4, -0.2) is 38.1 Å². The molecule has 3 rings (SSSR count). The quantitative estimate of drug-likeness (QED) is 0.848. The van der Waals surface area contributed by atoms with Gasteiger partial charge in [-0.05, 0) is 25.1 Å². The molecule has 2 nitrogen and oxygen atoms in total. The monoisotopic (exact) mass is 314 g/mol. The molecule has 0 fully saturated rings. The number of benzene rings is 1. The average Bonchev–Trinajstić information content (AvgIpc) is 2.80. The summed E-state index contributed by atoms with van der Waals surface area (Å²) in [6.07, 6.45) is 2.34. The molecule has 1 aliphatic heterocycles. The number of fused-ring (bicyclic) bond motifs is 3. The van der Waals surface area contributed by atoms with Gasteiger partial charge in [0.05, 0.1) is 8.07 Å². The topological polar surface area (TPSA) is 19.0 Å². The Morgan fingerprint density at radius 1 is 1.05 bits per heavy atom. The number of hydrogen-bond donors (Lipinski definition) is 1. The molecule has 0 spiro atoms. The van der Waals surface area contributed by atoms with Gasteiger partial charge in [0.25, 0.3) is 0 Å². The number of nitrogens with zero attached hydrogens (tertiary/aromatic N) is 1. The van der Waals surface area contributed by atoms with E-state index in [1.807, 2.05) is 0 Å². The second kappa shape index (κ2) is 6.21. The summed E-state index contributed by atoms with van der Waals surface area (Å²) in [5.41, 5.74) is 4.44. The van der Waals surface area contributed by atoms with E-state index in [1.54, 1.807) is 10.8 Å². The zero-order chi connectivity index (χ0) is 15.7. The van der Waals surface area contributed by atoms with Gasteiger partial charge in [-0.2, -0.15) is 0 Å². The van der Waals surface area contributed by atoms with E-state index in [0.29, 0.717) is 0 Å². The maximum Gasteiger partial charge on any atom is 0.0860 e. The third kappa shape index (κ3) is 2.54. The fourth-order valence-corrected chi connectivity index (χ4v) is 7.83. The Morgan fingerprint density at radius 2 is 1.73 bits per heavy atom. The van der Waals surface area contributed by atoms with Gasteiger partial charge < -0.3 is 9.88 Å². The standard InChI is InChI=1S/C19H30N2Si/c1-5-22(6-2,7-3)15-8-9-16-17-10-12-21(4)13-11-18(17)20-19(16)14-15/h8-9,14,20H,5-7,10-13H2,1-4H3. The minimum atomic E-state index is -1.27. The first-order valence-corrected chi connectivity index (χ1v) is 11.6. The maximum atomic E-state index is 3.76. The molecule has 0 saturated heterocycles. The molecule has 0 unspecified atom stereocenters. The van der Waals surface area contributed by atoms with Crippen LogP contribution in [0.5, 0.6) is 0 Å². The van der Waals surface area contributed by atoms with Crippen LogP contribution in [0.1, 0.15) is 32.0 Å². The number of aromatic nitrogens is 1. The second-order valence-electron chi connectivity index (χ2n) is 6.99. The van der Waals surface area contributed by atoms with Crippen LogP contribution in [0.3, 0.4) is 0 Å². The van der Waals surface area contributed by atoms with Crippen LogP contribution in [0, 0.1) is 0 Å². The van der Waals surface area contributed by atoms with Gasteiger partial charge >= 0.3 is 0 Å². The molecular formula is C19H30N2Si. The Morgan fingerprint density at radius 3 is 2.41 bits per heavy atom. The van der Waals surface area contributed by atoms with E-state index in [4.69, 9.17) is 0 Å². The molecule has 2 aromatic rings. The van der Waals surface area contributed by atoms with Crippen LogP contribution in [0.2, 0.25) is 18.1 Å². The molecule has 1 N–H and O–H groups in total. The summed E-state index contributed by atoms with van der Waals surface area (Å²) in [5, 5.41) is 3.13. The van der Waals surface area contributed by atoms with E-state index in [-0.39, 0.29) is 0 Å². The van der Waals surface area contributed by atoms with E-state index < -0.39 is 8.07 Å². The van der Waals surface area contributed by atoms with Gasteiger partial charge in [-0.3, -0.25) is 0 Å². The van der Waals surface area contributed by atoms with Crippen molar-refractivity contribution in [3.8, 4) is 0 Å². The number of rotatable bonds is 4. The predicted octanol–water partition coefficient (Wildman–Crippen LogP) is 3.91. The van der Waals surface area contributed by atoms with Crippen molar-refractivity contribution in [2.75, 3.05) is 20.1 Å². The van der Waals surface area contributed by atoms with Crippen molar-refractivity contribution >= 4 is 24.2 Å². The van der Waals surface area contributed by atoms with Crippen LogP contribution in [0.15, 0.2) is 18.2 Å². The molecule has 0 radical (unpaired) electrons. The molecule has 1 aromatic carbocycles. The molecule has 2 heterocycles. The van der Waals surface area contributed by atoms with E-state index >= 15 is 0 Å². The summed E-state index contributed by atoms with van der Waals surface area (Å²) in [7, 11) is 0.959. The first kappa shape index (κ1) is 15.8. The molecule has 1 aliphatic rings. The van der Waals surface area contributed by atoms with Gasteiger partial charge in [0, 0.05) is 36.1 Å². The van der Waals surface area contributed by atoms with Crippen molar-refractivity contribution in [1.29, 1.82) is 0 Å². The van der Waals surface area contributed by atoms with E-state index in [1.165, 1.54) is 54.2 Å². The second-order valence-corrected chi connectivity index (χ2v) is 12.2. The number of hydrogen-bond acceptors (Lipinski definition) is 1. The summed E-state index contributed by atoms with van der Waals surface area (Å²) in [4.78, 5) is 6.20. The van der Waals surface area contributed by atoms with Crippen molar-refractivity contribution in [3.05, 3.63) is 29.5 Å². The number of nitrogens with one attached hydrogen (secondary N) is 1. The van der Waals surface area contributed by atoms with Gasteiger partial charge in [0.15, 0.2) is 0 Å². The van der Waals surface area contributed by atoms with Gasteiger partial charge in [0.2, 0.25) is 0 Å². The van der Waals surface area contributed by atoms with Crippen LogP contribution in [-0.2, 0) is 12.8 Å². The minimum absolute atomic E-state index is 1.16. The SMILES string of the molecule is CC[Si](CC)(CC)c1ccc2c3c([nH]c2c1)CCN(C)CC3. The predicted molar refractivity (Wildman–Crippen MR) is 100 cm³/mol. The molecular weight excluding hydrogens is 284 g/mol.